The van der Waals surface area contributed by atoms with Crippen molar-refractivity contribution in [3.8, 4) is 0 Å². The van der Waals surface area contributed by atoms with E-state index in [1.165, 1.54) is 41.2 Å². The monoisotopic (exact) mass is 492 g/mol. The van der Waals surface area contributed by atoms with Gasteiger partial charge >= 0.3 is 0 Å². The van der Waals surface area contributed by atoms with Crippen molar-refractivity contribution in [2.24, 2.45) is 22.6 Å². The Kier molecular flexibility index (Phi) is 8.70. The first-order chi connectivity index (χ1) is 17.4. The molecule has 1 unspecified atom stereocenters. The molecule has 0 aromatic heterocycles. The van der Waals surface area contributed by atoms with Crippen LogP contribution in [0.2, 0.25) is 0 Å². The Morgan fingerprint density at radius 1 is 0.889 bits per heavy atom. The third-order valence-electron chi connectivity index (χ3n) is 7.40. The van der Waals surface area contributed by atoms with Crippen molar-refractivity contribution >= 4 is 5.71 Å². The Morgan fingerprint density at radius 3 is 1.94 bits per heavy atom. The number of nitrogens with two attached hydrogens (primary N) is 1. The number of allylic oxidation sites excluding steroid dienone is 4. The lowest BCUT2D eigenvalue weighted by atomic mass is 9.92. The van der Waals surface area contributed by atoms with E-state index in [0.29, 0.717) is 19.0 Å². The average Bonchev–Trinajstić information content (AvgIpc) is 3.04. The number of halogens is 2. The molecule has 2 aromatic carbocycles. The van der Waals surface area contributed by atoms with Crippen LogP contribution in [0, 0.1) is 23.5 Å². The lowest BCUT2D eigenvalue weighted by molar-refractivity contribution is 0.127. The third kappa shape index (κ3) is 6.11. The topological polar surface area (TPSA) is 44.9 Å². The van der Waals surface area contributed by atoms with Crippen molar-refractivity contribution in [3.63, 3.8) is 0 Å². The Labute approximate surface area is 214 Å². The molecule has 4 nitrogen and oxygen atoms in total. The molecule has 0 saturated carbocycles. The lowest BCUT2D eigenvalue weighted by Crippen LogP contribution is -2.48. The second-order valence-corrected chi connectivity index (χ2v) is 10.1. The molecule has 6 heteroatoms. The summed E-state index contributed by atoms with van der Waals surface area (Å²) in [6.07, 6.45) is 5.47. The summed E-state index contributed by atoms with van der Waals surface area (Å²) in [7, 11) is 0. The van der Waals surface area contributed by atoms with Crippen LogP contribution in [-0.4, -0.2) is 54.8 Å². The standard InChI is InChI=1S/C30H38F2N4/c1-21(2)25-8-13-29(22(3)28(20-25)34-15-14-33)35-16-18-36(19-17-35)30(23-4-9-26(31)10-5-23)24-6-11-27(32)12-7-24/h4-13,21-22,30H,14-20,33H2,1-3H3. The molecule has 2 aromatic rings. The summed E-state index contributed by atoms with van der Waals surface area (Å²) < 4.78 is 27.3. The fourth-order valence-corrected chi connectivity index (χ4v) is 5.25. The number of piperazine rings is 1. The highest BCUT2D eigenvalue weighted by atomic mass is 19.1. The van der Waals surface area contributed by atoms with Gasteiger partial charge in [0.2, 0.25) is 0 Å². The largest absolute Gasteiger partial charge is 0.372 e. The molecular weight excluding hydrogens is 454 g/mol. The lowest BCUT2D eigenvalue weighted by Gasteiger charge is -2.42. The van der Waals surface area contributed by atoms with Gasteiger partial charge in [0.15, 0.2) is 0 Å². The van der Waals surface area contributed by atoms with Crippen LogP contribution in [0.25, 0.3) is 0 Å². The van der Waals surface area contributed by atoms with Gasteiger partial charge in [0.1, 0.15) is 11.6 Å². The minimum Gasteiger partial charge on any atom is -0.372 e. The van der Waals surface area contributed by atoms with E-state index in [9.17, 15) is 8.78 Å². The van der Waals surface area contributed by atoms with Gasteiger partial charge in [0.05, 0.1) is 12.6 Å². The van der Waals surface area contributed by atoms with Gasteiger partial charge in [-0.3, -0.25) is 9.89 Å². The highest BCUT2D eigenvalue weighted by molar-refractivity contribution is 5.91. The first-order valence-electron chi connectivity index (χ1n) is 13.0. The van der Waals surface area contributed by atoms with E-state index in [1.54, 1.807) is 0 Å². The maximum absolute atomic E-state index is 13.7. The molecule has 1 saturated heterocycles. The SMILES string of the molecule is CC(C)C1=CC=C(N2CCN(C(c3ccc(F)cc3)c3ccc(F)cc3)CC2)C(C)C(=NCCN)C1. The summed E-state index contributed by atoms with van der Waals surface area (Å²) in [5.41, 5.74) is 11.7. The molecule has 1 atom stereocenters. The summed E-state index contributed by atoms with van der Waals surface area (Å²) >= 11 is 0. The van der Waals surface area contributed by atoms with Gasteiger partial charge in [-0.15, -0.1) is 0 Å². The van der Waals surface area contributed by atoms with Crippen molar-refractivity contribution < 1.29 is 8.78 Å². The molecule has 1 aliphatic carbocycles. The van der Waals surface area contributed by atoms with Crippen molar-refractivity contribution in [3.05, 3.63) is 94.7 Å². The molecule has 1 aliphatic heterocycles. The van der Waals surface area contributed by atoms with Gasteiger partial charge in [-0.1, -0.05) is 56.7 Å². The number of hydrogen-bond donors (Lipinski definition) is 1. The molecule has 4 rings (SSSR count). The molecule has 0 bridgehead atoms. The summed E-state index contributed by atoms with van der Waals surface area (Å²) in [5, 5.41) is 0. The Hall–Kier alpha value is -2.83. The predicted molar refractivity (Wildman–Crippen MR) is 144 cm³/mol. The Balaban J connectivity index is 1.56. The summed E-state index contributed by atoms with van der Waals surface area (Å²) in [6.45, 7) is 11.4. The molecule has 1 fully saturated rings. The Morgan fingerprint density at radius 2 is 1.44 bits per heavy atom. The second kappa shape index (κ2) is 11.9. The van der Waals surface area contributed by atoms with Crippen LogP contribution in [0.5, 0.6) is 0 Å². The third-order valence-corrected chi connectivity index (χ3v) is 7.40. The minimum absolute atomic E-state index is 0.0528. The first kappa shape index (κ1) is 26.2. The van der Waals surface area contributed by atoms with E-state index in [0.717, 1.165) is 43.7 Å². The van der Waals surface area contributed by atoms with Crippen LogP contribution in [0.15, 0.2) is 76.9 Å². The van der Waals surface area contributed by atoms with E-state index in [-0.39, 0.29) is 23.6 Å². The van der Waals surface area contributed by atoms with E-state index >= 15 is 0 Å². The van der Waals surface area contributed by atoms with Gasteiger partial charge in [-0.2, -0.15) is 0 Å². The fraction of sp³-hybridized carbons (Fsp3) is 0.433. The summed E-state index contributed by atoms with van der Waals surface area (Å²) in [4.78, 5) is 9.76. The maximum atomic E-state index is 13.7. The molecular formula is C30H38F2N4. The van der Waals surface area contributed by atoms with Gasteiger partial charge in [-0.25, -0.2) is 8.78 Å². The molecule has 36 heavy (non-hydrogen) atoms. The molecule has 0 amide bonds. The van der Waals surface area contributed by atoms with Crippen LogP contribution in [-0.2, 0) is 0 Å². The van der Waals surface area contributed by atoms with Crippen LogP contribution in [0.1, 0.15) is 44.4 Å². The van der Waals surface area contributed by atoms with E-state index in [1.807, 2.05) is 24.3 Å². The number of benzene rings is 2. The molecule has 2 aliphatic rings. The van der Waals surface area contributed by atoms with Gasteiger partial charge in [-0.05, 0) is 47.4 Å². The highest BCUT2D eigenvalue weighted by Crippen LogP contribution is 2.33. The van der Waals surface area contributed by atoms with Crippen LogP contribution in [0.4, 0.5) is 8.78 Å². The molecule has 0 spiro atoms. The van der Waals surface area contributed by atoms with Crippen LogP contribution in [0.3, 0.4) is 0 Å². The number of hydrogen-bond acceptors (Lipinski definition) is 4. The van der Waals surface area contributed by atoms with Crippen molar-refractivity contribution in [2.75, 3.05) is 39.3 Å². The zero-order chi connectivity index (χ0) is 25.7. The average molecular weight is 493 g/mol. The van der Waals surface area contributed by atoms with Crippen molar-refractivity contribution in [1.82, 2.24) is 9.80 Å². The van der Waals surface area contributed by atoms with Gasteiger partial charge < -0.3 is 10.6 Å². The quantitative estimate of drug-likeness (QED) is 0.549. The van der Waals surface area contributed by atoms with E-state index < -0.39 is 0 Å². The summed E-state index contributed by atoms with van der Waals surface area (Å²) in [5.74, 6) is 0.203. The maximum Gasteiger partial charge on any atom is 0.123 e. The van der Waals surface area contributed by atoms with E-state index in [4.69, 9.17) is 10.7 Å². The van der Waals surface area contributed by atoms with E-state index in [2.05, 4.69) is 42.7 Å². The smallest absolute Gasteiger partial charge is 0.123 e. The zero-order valence-corrected chi connectivity index (χ0v) is 21.6. The zero-order valence-electron chi connectivity index (χ0n) is 21.6. The minimum atomic E-state index is -0.253. The first-order valence-corrected chi connectivity index (χ1v) is 13.0. The van der Waals surface area contributed by atoms with Gasteiger partial charge in [0, 0.05) is 56.5 Å². The molecule has 1 heterocycles. The second-order valence-electron chi connectivity index (χ2n) is 10.1. The van der Waals surface area contributed by atoms with Crippen molar-refractivity contribution in [2.45, 2.75) is 33.2 Å². The molecule has 2 N–H and O–H groups in total. The van der Waals surface area contributed by atoms with Crippen LogP contribution >= 0.6 is 0 Å². The van der Waals surface area contributed by atoms with Crippen LogP contribution < -0.4 is 5.73 Å². The predicted octanol–water partition coefficient (Wildman–Crippen LogP) is 5.58. The number of rotatable bonds is 7. The highest BCUT2D eigenvalue weighted by Gasteiger charge is 2.30. The molecule has 192 valence electrons. The number of nitrogens with zero attached hydrogens (tertiary/aromatic N) is 3. The molecule has 0 radical (unpaired) electrons. The number of aliphatic imine (C=N–C) groups is 1. The van der Waals surface area contributed by atoms with Crippen molar-refractivity contribution in [1.29, 1.82) is 0 Å². The normalized spacial score (nSPS) is 20.6. The fourth-order valence-electron chi connectivity index (χ4n) is 5.25. The summed E-state index contributed by atoms with van der Waals surface area (Å²) in [6, 6.07) is 13.3. The Bertz CT molecular complexity index is 1050. The van der Waals surface area contributed by atoms with Gasteiger partial charge in [0.25, 0.3) is 0 Å².